The number of hydrogen-bond acceptors (Lipinski definition) is 2. The van der Waals surface area contributed by atoms with Crippen molar-refractivity contribution < 1.29 is 9.53 Å². The Morgan fingerprint density at radius 2 is 2.42 bits per heavy atom. The third kappa shape index (κ3) is 3.07. The molecule has 1 rings (SSSR count). The van der Waals surface area contributed by atoms with Crippen LogP contribution in [0.5, 0.6) is 0 Å². The maximum absolute atomic E-state index is 10.7. The molecule has 0 aromatic carbocycles. The second kappa shape index (κ2) is 4.96. The minimum Gasteiger partial charge on any atom is -0.462 e. The summed E-state index contributed by atoms with van der Waals surface area (Å²) < 4.78 is 5.07. The van der Waals surface area contributed by atoms with Gasteiger partial charge in [-0.2, -0.15) is 0 Å². The van der Waals surface area contributed by atoms with E-state index < -0.39 is 0 Å². The Morgan fingerprint density at radius 3 is 3.00 bits per heavy atom. The van der Waals surface area contributed by atoms with Gasteiger partial charge in [0.1, 0.15) is 6.10 Å². The fourth-order valence-corrected chi connectivity index (χ4v) is 1.35. The molecule has 0 aromatic heterocycles. The second-order valence-electron chi connectivity index (χ2n) is 3.11. The van der Waals surface area contributed by atoms with Crippen LogP contribution in [0.2, 0.25) is 0 Å². The largest absolute Gasteiger partial charge is 0.462 e. The lowest BCUT2D eigenvalue weighted by Gasteiger charge is -2.05. The summed E-state index contributed by atoms with van der Waals surface area (Å²) in [7, 11) is 0. The van der Waals surface area contributed by atoms with Crippen LogP contribution in [0.25, 0.3) is 0 Å². The molecule has 0 amide bonds. The molecule has 0 spiro atoms. The molecular weight excluding hydrogens is 152 g/mol. The van der Waals surface area contributed by atoms with Gasteiger partial charge >= 0.3 is 5.97 Å². The molecule has 1 heterocycles. The van der Waals surface area contributed by atoms with Crippen LogP contribution in [0, 0.1) is 0 Å². The maximum Gasteiger partial charge on any atom is 0.306 e. The van der Waals surface area contributed by atoms with Crippen molar-refractivity contribution in [2.75, 3.05) is 0 Å². The smallest absolute Gasteiger partial charge is 0.306 e. The van der Waals surface area contributed by atoms with E-state index in [2.05, 4.69) is 19.1 Å². The third-order valence-corrected chi connectivity index (χ3v) is 2.03. The number of carbonyl (C=O) groups is 1. The lowest BCUT2D eigenvalue weighted by atomic mass is 10.1. The highest BCUT2D eigenvalue weighted by atomic mass is 16.5. The monoisotopic (exact) mass is 168 g/mol. The fourth-order valence-electron chi connectivity index (χ4n) is 1.35. The Balaban J connectivity index is 2.08. The first-order valence-electron chi connectivity index (χ1n) is 4.67. The predicted molar refractivity (Wildman–Crippen MR) is 47.8 cm³/mol. The van der Waals surface area contributed by atoms with Crippen LogP contribution in [0.15, 0.2) is 12.2 Å². The van der Waals surface area contributed by atoms with Crippen molar-refractivity contribution in [2.45, 2.75) is 45.1 Å². The number of allylic oxidation sites excluding steroid dienone is 2. The van der Waals surface area contributed by atoms with Crippen LogP contribution in [0.1, 0.15) is 39.0 Å². The number of rotatable bonds is 4. The quantitative estimate of drug-likeness (QED) is 0.476. The van der Waals surface area contributed by atoms with Crippen molar-refractivity contribution in [3.05, 3.63) is 12.2 Å². The summed E-state index contributed by atoms with van der Waals surface area (Å²) in [6.07, 6.45) is 9.14. The van der Waals surface area contributed by atoms with Gasteiger partial charge in [-0.3, -0.25) is 4.79 Å². The first-order chi connectivity index (χ1) is 5.83. The zero-order valence-electron chi connectivity index (χ0n) is 7.58. The van der Waals surface area contributed by atoms with E-state index in [4.69, 9.17) is 4.74 Å². The molecule has 0 aromatic rings. The minimum atomic E-state index is -0.0283. The van der Waals surface area contributed by atoms with Gasteiger partial charge in [-0.1, -0.05) is 19.1 Å². The summed E-state index contributed by atoms with van der Waals surface area (Å²) in [5.74, 6) is -0.0283. The van der Waals surface area contributed by atoms with Crippen molar-refractivity contribution in [1.82, 2.24) is 0 Å². The van der Waals surface area contributed by atoms with Gasteiger partial charge < -0.3 is 4.74 Å². The average Bonchev–Trinajstić information content (AvgIpc) is 2.45. The van der Waals surface area contributed by atoms with E-state index >= 15 is 0 Å². The van der Waals surface area contributed by atoms with Gasteiger partial charge in [0, 0.05) is 6.42 Å². The molecule has 1 atom stereocenters. The van der Waals surface area contributed by atoms with Gasteiger partial charge in [0.25, 0.3) is 0 Å². The van der Waals surface area contributed by atoms with Crippen LogP contribution in [0.4, 0.5) is 0 Å². The Morgan fingerprint density at radius 1 is 1.58 bits per heavy atom. The van der Waals surface area contributed by atoms with E-state index in [9.17, 15) is 4.79 Å². The summed E-state index contributed by atoms with van der Waals surface area (Å²) in [6.45, 7) is 2.12. The normalized spacial score (nSPS) is 23.4. The highest BCUT2D eigenvalue weighted by Crippen LogP contribution is 2.18. The molecule has 0 aliphatic carbocycles. The van der Waals surface area contributed by atoms with Crippen LogP contribution in [0.3, 0.4) is 0 Å². The first kappa shape index (κ1) is 9.30. The van der Waals surface area contributed by atoms with Gasteiger partial charge in [0.05, 0.1) is 0 Å². The second-order valence-corrected chi connectivity index (χ2v) is 3.11. The lowest BCUT2D eigenvalue weighted by molar-refractivity contribution is -0.141. The minimum absolute atomic E-state index is 0.0283. The number of cyclic esters (lactones) is 1. The molecule has 0 radical (unpaired) electrons. The zero-order valence-corrected chi connectivity index (χ0v) is 7.58. The maximum atomic E-state index is 10.7. The van der Waals surface area contributed by atoms with E-state index in [0.717, 1.165) is 25.7 Å². The highest BCUT2D eigenvalue weighted by Gasteiger charge is 2.21. The van der Waals surface area contributed by atoms with Crippen LogP contribution in [-0.4, -0.2) is 12.1 Å². The van der Waals surface area contributed by atoms with Crippen LogP contribution >= 0.6 is 0 Å². The molecular formula is C10H16O2. The topological polar surface area (TPSA) is 26.3 Å². The zero-order chi connectivity index (χ0) is 8.81. The molecule has 12 heavy (non-hydrogen) atoms. The Labute approximate surface area is 73.6 Å². The summed E-state index contributed by atoms with van der Waals surface area (Å²) in [6, 6.07) is 0. The summed E-state index contributed by atoms with van der Waals surface area (Å²) in [4.78, 5) is 10.7. The fraction of sp³-hybridized carbons (Fsp3) is 0.700. The van der Waals surface area contributed by atoms with Gasteiger partial charge in [0.15, 0.2) is 0 Å². The van der Waals surface area contributed by atoms with Gasteiger partial charge in [-0.05, 0) is 25.7 Å². The number of esters is 1. The molecule has 2 heteroatoms. The molecule has 1 aliphatic rings. The number of carbonyl (C=O) groups excluding carboxylic acids is 1. The molecule has 1 fully saturated rings. The third-order valence-electron chi connectivity index (χ3n) is 2.03. The molecule has 0 N–H and O–H groups in total. The summed E-state index contributed by atoms with van der Waals surface area (Å²) in [5, 5.41) is 0. The summed E-state index contributed by atoms with van der Waals surface area (Å²) in [5.41, 5.74) is 0. The summed E-state index contributed by atoms with van der Waals surface area (Å²) >= 11 is 0. The van der Waals surface area contributed by atoms with Crippen LogP contribution < -0.4 is 0 Å². The van der Waals surface area contributed by atoms with E-state index in [1.165, 1.54) is 0 Å². The SMILES string of the molecule is CC/C=C/CCC1CCC(=O)O1. The number of hydrogen-bond donors (Lipinski definition) is 0. The van der Waals surface area contributed by atoms with E-state index in [1.54, 1.807) is 0 Å². The van der Waals surface area contributed by atoms with Crippen molar-refractivity contribution in [1.29, 1.82) is 0 Å². The first-order valence-corrected chi connectivity index (χ1v) is 4.67. The van der Waals surface area contributed by atoms with Crippen LogP contribution in [-0.2, 0) is 9.53 Å². The highest BCUT2D eigenvalue weighted by molar-refractivity contribution is 5.71. The standard InChI is InChI=1S/C10H16O2/c1-2-3-4-5-6-9-7-8-10(11)12-9/h3-4,9H,2,5-8H2,1H3/b4-3+. The Bertz CT molecular complexity index is 173. The van der Waals surface area contributed by atoms with Crippen molar-refractivity contribution in [3.63, 3.8) is 0 Å². The molecule has 0 bridgehead atoms. The van der Waals surface area contributed by atoms with Crippen molar-refractivity contribution >= 4 is 5.97 Å². The molecule has 68 valence electrons. The Kier molecular flexibility index (Phi) is 3.85. The Hall–Kier alpha value is -0.790. The van der Waals surface area contributed by atoms with Gasteiger partial charge in [0.2, 0.25) is 0 Å². The van der Waals surface area contributed by atoms with Gasteiger partial charge in [-0.15, -0.1) is 0 Å². The molecule has 1 aliphatic heterocycles. The predicted octanol–water partition coefficient (Wildman–Crippen LogP) is 2.44. The lowest BCUT2D eigenvalue weighted by Crippen LogP contribution is -2.05. The molecule has 1 saturated heterocycles. The van der Waals surface area contributed by atoms with Gasteiger partial charge in [-0.25, -0.2) is 0 Å². The number of ether oxygens (including phenoxy) is 1. The van der Waals surface area contributed by atoms with Crippen molar-refractivity contribution in [3.8, 4) is 0 Å². The molecule has 2 nitrogen and oxygen atoms in total. The molecule has 1 unspecified atom stereocenters. The van der Waals surface area contributed by atoms with E-state index in [-0.39, 0.29) is 12.1 Å². The van der Waals surface area contributed by atoms with E-state index in [1.807, 2.05) is 0 Å². The molecule has 0 saturated carbocycles. The average molecular weight is 168 g/mol. The van der Waals surface area contributed by atoms with E-state index in [0.29, 0.717) is 6.42 Å². The van der Waals surface area contributed by atoms with Crippen molar-refractivity contribution in [2.24, 2.45) is 0 Å².